The highest BCUT2D eigenvalue weighted by molar-refractivity contribution is 5.99. The summed E-state index contributed by atoms with van der Waals surface area (Å²) in [4.78, 5) is 41.7. The van der Waals surface area contributed by atoms with Gasteiger partial charge in [-0.25, -0.2) is 0 Å². The summed E-state index contributed by atoms with van der Waals surface area (Å²) in [6, 6.07) is 15.3. The van der Waals surface area contributed by atoms with Gasteiger partial charge in [0, 0.05) is 25.1 Å². The van der Waals surface area contributed by atoms with E-state index in [4.69, 9.17) is 4.74 Å². The Hall–Kier alpha value is -3.35. The number of nitrogens with zero attached hydrogens (tertiary/aromatic N) is 2. The van der Waals surface area contributed by atoms with Gasteiger partial charge in [-0.1, -0.05) is 30.3 Å². The fraction of sp³-hybridized carbons (Fsp3) is 0.318. The summed E-state index contributed by atoms with van der Waals surface area (Å²) in [5, 5.41) is 2.84. The largest absolute Gasteiger partial charge is 0.497 e. The van der Waals surface area contributed by atoms with Gasteiger partial charge >= 0.3 is 0 Å². The molecular formula is C22H23N3O4. The average Bonchev–Trinajstić information content (AvgIpc) is 2.77. The summed E-state index contributed by atoms with van der Waals surface area (Å²) in [7, 11) is 1.57. The van der Waals surface area contributed by atoms with E-state index in [9.17, 15) is 14.4 Å². The number of hydrogen-bond acceptors (Lipinski definition) is 4. The molecule has 0 spiro atoms. The number of hydrogen-bond donors (Lipinski definition) is 1. The molecule has 7 heteroatoms. The lowest BCUT2D eigenvalue weighted by Gasteiger charge is -2.45. The lowest BCUT2D eigenvalue weighted by molar-refractivity contribution is -0.152. The molecule has 2 saturated heterocycles. The van der Waals surface area contributed by atoms with E-state index in [1.807, 2.05) is 30.3 Å². The zero-order chi connectivity index (χ0) is 20.4. The second kappa shape index (κ2) is 7.95. The molecule has 2 aliphatic heterocycles. The zero-order valence-corrected chi connectivity index (χ0v) is 16.2. The lowest BCUT2D eigenvalue weighted by Crippen LogP contribution is -2.70. The molecule has 3 amide bonds. The van der Waals surface area contributed by atoms with E-state index in [1.54, 1.807) is 41.2 Å². The molecule has 0 saturated carbocycles. The minimum atomic E-state index is -0.648. The van der Waals surface area contributed by atoms with E-state index in [2.05, 4.69) is 5.32 Å². The first-order valence-electron chi connectivity index (χ1n) is 9.65. The minimum Gasteiger partial charge on any atom is -0.497 e. The van der Waals surface area contributed by atoms with E-state index in [0.717, 1.165) is 5.56 Å². The molecule has 150 valence electrons. The number of carbonyl (C=O) groups is 3. The van der Waals surface area contributed by atoms with Crippen molar-refractivity contribution in [1.29, 1.82) is 0 Å². The van der Waals surface area contributed by atoms with Crippen LogP contribution in [0.5, 0.6) is 5.75 Å². The number of nitrogens with one attached hydrogen (secondary N) is 1. The van der Waals surface area contributed by atoms with E-state index in [0.29, 0.717) is 30.8 Å². The van der Waals surface area contributed by atoms with Crippen molar-refractivity contribution in [2.24, 2.45) is 0 Å². The van der Waals surface area contributed by atoms with Crippen LogP contribution in [-0.4, -0.2) is 66.3 Å². The normalized spacial score (nSPS) is 21.4. The van der Waals surface area contributed by atoms with Gasteiger partial charge in [-0.2, -0.15) is 0 Å². The van der Waals surface area contributed by atoms with Crippen LogP contribution in [0.15, 0.2) is 54.6 Å². The molecule has 2 fully saturated rings. The number of benzene rings is 2. The molecular weight excluding hydrogens is 370 g/mol. The van der Waals surface area contributed by atoms with Gasteiger partial charge in [0.15, 0.2) is 0 Å². The smallest absolute Gasteiger partial charge is 0.254 e. The minimum absolute atomic E-state index is 0.0880. The molecule has 29 heavy (non-hydrogen) atoms. The lowest BCUT2D eigenvalue weighted by atomic mass is 9.98. The number of amides is 3. The Morgan fingerprint density at radius 3 is 2.48 bits per heavy atom. The molecule has 7 nitrogen and oxygen atoms in total. The van der Waals surface area contributed by atoms with Crippen molar-refractivity contribution in [3.05, 3.63) is 65.7 Å². The SMILES string of the molecule is COc1ccc(C(=O)N2CCN3C(=O)[C@H](Cc4ccccc4)NC(=O)[C@H]3C2)cc1. The summed E-state index contributed by atoms with van der Waals surface area (Å²) in [6.45, 7) is 0.947. The fourth-order valence-electron chi connectivity index (χ4n) is 3.89. The van der Waals surface area contributed by atoms with E-state index < -0.39 is 12.1 Å². The molecule has 0 radical (unpaired) electrons. The van der Waals surface area contributed by atoms with Crippen molar-refractivity contribution in [3.63, 3.8) is 0 Å². The van der Waals surface area contributed by atoms with Crippen LogP contribution in [0.1, 0.15) is 15.9 Å². The van der Waals surface area contributed by atoms with E-state index >= 15 is 0 Å². The highest BCUT2D eigenvalue weighted by atomic mass is 16.5. The second-order valence-electron chi connectivity index (χ2n) is 7.28. The molecule has 0 bridgehead atoms. The number of rotatable bonds is 4. The maximum atomic E-state index is 12.9. The number of ether oxygens (including phenoxy) is 1. The summed E-state index contributed by atoms with van der Waals surface area (Å²) >= 11 is 0. The van der Waals surface area contributed by atoms with Crippen molar-refractivity contribution >= 4 is 17.7 Å². The van der Waals surface area contributed by atoms with E-state index in [1.165, 1.54) is 0 Å². The van der Waals surface area contributed by atoms with Crippen LogP contribution in [0.25, 0.3) is 0 Å². The Morgan fingerprint density at radius 2 is 1.79 bits per heavy atom. The molecule has 0 aromatic heterocycles. The van der Waals surface area contributed by atoms with Gasteiger partial charge in [-0.15, -0.1) is 0 Å². The monoisotopic (exact) mass is 393 g/mol. The molecule has 2 aliphatic rings. The number of carbonyl (C=O) groups excluding carboxylic acids is 3. The molecule has 2 aromatic carbocycles. The Morgan fingerprint density at radius 1 is 1.07 bits per heavy atom. The molecule has 2 atom stereocenters. The van der Waals surface area contributed by atoms with Crippen LogP contribution >= 0.6 is 0 Å². The molecule has 2 aromatic rings. The van der Waals surface area contributed by atoms with Crippen LogP contribution in [0.2, 0.25) is 0 Å². The van der Waals surface area contributed by atoms with Crippen molar-refractivity contribution in [2.75, 3.05) is 26.7 Å². The van der Waals surface area contributed by atoms with Gasteiger partial charge < -0.3 is 19.9 Å². The maximum Gasteiger partial charge on any atom is 0.254 e. The first-order valence-corrected chi connectivity index (χ1v) is 9.65. The molecule has 4 rings (SSSR count). The van der Waals surface area contributed by atoms with Crippen molar-refractivity contribution in [2.45, 2.75) is 18.5 Å². The first kappa shape index (κ1) is 19.0. The molecule has 2 heterocycles. The standard InChI is InChI=1S/C22H23N3O4/c1-29-17-9-7-16(8-10-17)21(27)24-11-12-25-19(14-24)20(26)23-18(22(25)28)13-15-5-3-2-4-6-15/h2-10,18-19H,11-14H2,1H3,(H,23,26)/t18-,19+/m0/s1. The Labute approximate surface area is 169 Å². The van der Waals surface area contributed by atoms with Crippen LogP contribution in [0.4, 0.5) is 0 Å². The van der Waals surface area contributed by atoms with Crippen molar-refractivity contribution in [3.8, 4) is 5.75 Å². The molecule has 0 aliphatic carbocycles. The van der Waals surface area contributed by atoms with Gasteiger partial charge in [-0.05, 0) is 29.8 Å². The predicted molar refractivity (Wildman–Crippen MR) is 106 cm³/mol. The summed E-state index contributed by atoms with van der Waals surface area (Å²) in [6.07, 6.45) is 0.461. The van der Waals surface area contributed by atoms with Crippen LogP contribution < -0.4 is 10.1 Å². The van der Waals surface area contributed by atoms with Gasteiger partial charge in [-0.3, -0.25) is 14.4 Å². The molecule has 1 N–H and O–H groups in total. The van der Waals surface area contributed by atoms with Crippen LogP contribution in [-0.2, 0) is 16.0 Å². The van der Waals surface area contributed by atoms with E-state index in [-0.39, 0.29) is 24.3 Å². The van der Waals surface area contributed by atoms with Gasteiger partial charge in [0.2, 0.25) is 11.8 Å². The van der Waals surface area contributed by atoms with Crippen molar-refractivity contribution in [1.82, 2.24) is 15.1 Å². The average molecular weight is 393 g/mol. The third-order valence-corrected chi connectivity index (χ3v) is 5.49. The predicted octanol–water partition coefficient (Wildman–Crippen LogP) is 1.09. The Bertz CT molecular complexity index is 913. The summed E-state index contributed by atoms with van der Waals surface area (Å²) in [5.74, 6) is 0.222. The topological polar surface area (TPSA) is 79.0 Å². The maximum absolute atomic E-state index is 12.9. The first-order chi connectivity index (χ1) is 14.1. The molecule has 0 unspecified atom stereocenters. The summed E-state index contributed by atoms with van der Waals surface area (Å²) < 4.78 is 5.12. The quantitative estimate of drug-likeness (QED) is 0.844. The van der Waals surface area contributed by atoms with Crippen LogP contribution in [0.3, 0.4) is 0 Å². The number of methoxy groups -OCH3 is 1. The highest BCUT2D eigenvalue weighted by Gasteiger charge is 2.44. The second-order valence-corrected chi connectivity index (χ2v) is 7.28. The Balaban J connectivity index is 1.44. The van der Waals surface area contributed by atoms with Gasteiger partial charge in [0.25, 0.3) is 5.91 Å². The number of piperazine rings is 2. The van der Waals surface area contributed by atoms with Gasteiger partial charge in [0.1, 0.15) is 17.8 Å². The summed E-state index contributed by atoms with van der Waals surface area (Å²) in [5.41, 5.74) is 1.53. The van der Waals surface area contributed by atoms with Crippen LogP contribution in [0, 0.1) is 0 Å². The Kier molecular flexibility index (Phi) is 5.20. The number of fused-ring (bicyclic) bond motifs is 1. The third-order valence-electron chi connectivity index (χ3n) is 5.49. The highest BCUT2D eigenvalue weighted by Crippen LogP contribution is 2.20. The fourth-order valence-corrected chi connectivity index (χ4v) is 3.89. The third kappa shape index (κ3) is 3.81. The van der Waals surface area contributed by atoms with Crippen molar-refractivity contribution < 1.29 is 19.1 Å². The zero-order valence-electron chi connectivity index (χ0n) is 16.2. The van der Waals surface area contributed by atoms with Gasteiger partial charge in [0.05, 0.1) is 13.7 Å².